The van der Waals surface area contributed by atoms with Crippen LogP contribution in [0.15, 0.2) is 12.1 Å². The van der Waals surface area contributed by atoms with E-state index in [1.165, 1.54) is 7.11 Å². The molecule has 0 heterocycles. The summed E-state index contributed by atoms with van der Waals surface area (Å²) in [5.41, 5.74) is 2.40. The van der Waals surface area contributed by atoms with Gasteiger partial charge in [-0.05, 0) is 30.0 Å². The molecule has 4 heteroatoms. The summed E-state index contributed by atoms with van der Waals surface area (Å²) in [6, 6.07) is 3.90. The molecule has 2 nitrogen and oxygen atoms in total. The lowest BCUT2D eigenvalue weighted by Crippen LogP contribution is -2.02. The van der Waals surface area contributed by atoms with E-state index in [9.17, 15) is 0 Å². The van der Waals surface area contributed by atoms with Crippen molar-refractivity contribution in [2.24, 2.45) is 0 Å². The second-order valence-electron chi connectivity index (χ2n) is 3.50. The first-order valence-corrected chi connectivity index (χ1v) is 5.60. The van der Waals surface area contributed by atoms with Gasteiger partial charge >= 0.3 is 0 Å². The average Bonchev–Trinajstić information content (AvgIpc) is 2.29. The fourth-order valence-electron chi connectivity index (χ4n) is 1.89. The highest BCUT2D eigenvalue weighted by molar-refractivity contribution is 6.38. The molecule has 16 heavy (non-hydrogen) atoms. The summed E-state index contributed by atoms with van der Waals surface area (Å²) in [6.07, 6.45) is 3.54. The van der Waals surface area contributed by atoms with Crippen LogP contribution in [0.2, 0.25) is 10.0 Å². The van der Waals surface area contributed by atoms with Crippen molar-refractivity contribution in [2.45, 2.75) is 12.8 Å². The fourth-order valence-corrected chi connectivity index (χ4v) is 2.59. The molecule has 1 aromatic rings. The van der Waals surface area contributed by atoms with Crippen LogP contribution in [-0.2, 0) is 6.42 Å². The van der Waals surface area contributed by atoms with Gasteiger partial charge in [0.15, 0.2) is 5.75 Å². The first-order valence-electron chi connectivity index (χ1n) is 4.84. The zero-order valence-corrected chi connectivity index (χ0v) is 10.2. The van der Waals surface area contributed by atoms with E-state index in [0.717, 1.165) is 24.0 Å². The fraction of sp³-hybridized carbons (Fsp3) is 0.250. The predicted octanol–water partition coefficient (Wildman–Crippen LogP) is 3.86. The zero-order chi connectivity index (χ0) is 11.7. The number of nitriles is 1. The van der Waals surface area contributed by atoms with Crippen LogP contribution in [0.3, 0.4) is 0 Å². The summed E-state index contributed by atoms with van der Waals surface area (Å²) < 4.78 is 5.14. The third-order valence-electron chi connectivity index (χ3n) is 2.63. The molecule has 82 valence electrons. The summed E-state index contributed by atoms with van der Waals surface area (Å²) in [5, 5.41) is 9.97. The summed E-state index contributed by atoms with van der Waals surface area (Å²) in [4.78, 5) is 0. The molecule has 0 saturated heterocycles. The maximum atomic E-state index is 9.01. The second-order valence-corrected chi connectivity index (χ2v) is 4.29. The highest BCUT2D eigenvalue weighted by Gasteiger charge is 2.20. The molecule has 0 unspecified atom stereocenters. The maximum absolute atomic E-state index is 9.01. The van der Waals surface area contributed by atoms with Crippen LogP contribution in [0.25, 0.3) is 5.57 Å². The highest BCUT2D eigenvalue weighted by Crippen LogP contribution is 2.41. The van der Waals surface area contributed by atoms with Crippen LogP contribution < -0.4 is 4.74 Å². The van der Waals surface area contributed by atoms with Crippen LogP contribution in [0.1, 0.15) is 17.5 Å². The van der Waals surface area contributed by atoms with E-state index in [0.29, 0.717) is 21.4 Å². The lowest BCUT2D eigenvalue weighted by atomic mass is 9.91. The smallest absolute Gasteiger partial charge is 0.156 e. The number of nitrogens with zero attached hydrogens (tertiary/aromatic N) is 1. The van der Waals surface area contributed by atoms with Gasteiger partial charge in [0.25, 0.3) is 0 Å². The first-order chi connectivity index (χ1) is 7.69. The molecular weight excluding hydrogens is 245 g/mol. The van der Waals surface area contributed by atoms with E-state index in [4.69, 9.17) is 33.2 Å². The van der Waals surface area contributed by atoms with Crippen LogP contribution in [0.5, 0.6) is 5.75 Å². The number of hydrogen-bond acceptors (Lipinski definition) is 2. The van der Waals surface area contributed by atoms with Crippen molar-refractivity contribution >= 4 is 28.8 Å². The van der Waals surface area contributed by atoms with Gasteiger partial charge in [0, 0.05) is 0 Å². The molecule has 0 amide bonds. The Kier molecular flexibility index (Phi) is 3.09. The molecule has 2 rings (SSSR count). The summed E-state index contributed by atoms with van der Waals surface area (Å²) in [5.74, 6) is 0.487. The van der Waals surface area contributed by atoms with Crippen LogP contribution in [-0.4, -0.2) is 7.11 Å². The minimum Gasteiger partial charge on any atom is -0.494 e. The van der Waals surface area contributed by atoms with E-state index in [1.54, 1.807) is 6.07 Å². The van der Waals surface area contributed by atoms with Crippen molar-refractivity contribution in [1.82, 2.24) is 0 Å². The van der Waals surface area contributed by atoms with E-state index in [-0.39, 0.29) is 0 Å². The number of halogens is 2. The lowest BCUT2D eigenvalue weighted by Gasteiger charge is -2.18. The van der Waals surface area contributed by atoms with E-state index in [1.807, 2.05) is 6.08 Å². The first kappa shape index (κ1) is 11.3. The molecule has 0 fully saturated rings. The number of rotatable bonds is 1. The van der Waals surface area contributed by atoms with Gasteiger partial charge in [-0.2, -0.15) is 5.26 Å². The van der Waals surface area contributed by atoms with Crippen molar-refractivity contribution < 1.29 is 4.74 Å². The van der Waals surface area contributed by atoms with Gasteiger partial charge in [0.05, 0.1) is 28.8 Å². The van der Waals surface area contributed by atoms with Gasteiger partial charge in [-0.1, -0.05) is 29.3 Å². The Labute approximate surface area is 104 Å². The van der Waals surface area contributed by atoms with Crippen LogP contribution in [0, 0.1) is 11.3 Å². The Balaban J connectivity index is 2.70. The van der Waals surface area contributed by atoms with Gasteiger partial charge in [0.1, 0.15) is 0 Å². The number of allylic oxidation sites excluding steroid dienone is 2. The summed E-state index contributed by atoms with van der Waals surface area (Å²) in [6.45, 7) is 0. The largest absolute Gasteiger partial charge is 0.494 e. The summed E-state index contributed by atoms with van der Waals surface area (Å²) >= 11 is 12.3. The molecule has 0 N–H and O–H groups in total. The monoisotopic (exact) mass is 253 g/mol. The molecule has 0 spiro atoms. The minimum absolute atomic E-state index is 0.439. The molecule has 0 saturated carbocycles. The van der Waals surface area contributed by atoms with E-state index >= 15 is 0 Å². The Bertz CT molecular complexity index is 515. The molecule has 0 aliphatic heterocycles. The Morgan fingerprint density at radius 1 is 1.44 bits per heavy atom. The predicted molar refractivity (Wildman–Crippen MR) is 64.9 cm³/mol. The van der Waals surface area contributed by atoms with Gasteiger partial charge in [0.2, 0.25) is 0 Å². The van der Waals surface area contributed by atoms with Gasteiger partial charge in [-0.3, -0.25) is 0 Å². The average molecular weight is 254 g/mol. The quantitative estimate of drug-likeness (QED) is 0.762. The van der Waals surface area contributed by atoms with Crippen molar-refractivity contribution in [3.05, 3.63) is 33.3 Å². The SMILES string of the molecule is COc1c(Cl)cc2c(c1Cl)CCC=C2C#N. The minimum atomic E-state index is 0.439. The molecule has 0 bridgehead atoms. The van der Waals surface area contributed by atoms with Crippen molar-refractivity contribution in [3.8, 4) is 11.8 Å². The lowest BCUT2D eigenvalue weighted by molar-refractivity contribution is 0.414. The number of benzene rings is 1. The molecule has 0 aromatic heterocycles. The molecule has 1 aromatic carbocycles. The van der Waals surface area contributed by atoms with Crippen LogP contribution >= 0.6 is 23.2 Å². The zero-order valence-electron chi connectivity index (χ0n) is 8.68. The van der Waals surface area contributed by atoms with Crippen molar-refractivity contribution in [3.63, 3.8) is 0 Å². The normalized spacial score (nSPS) is 13.8. The van der Waals surface area contributed by atoms with Gasteiger partial charge in [-0.15, -0.1) is 0 Å². The molecule has 1 aliphatic carbocycles. The summed E-state index contributed by atoms with van der Waals surface area (Å²) in [7, 11) is 1.53. The van der Waals surface area contributed by atoms with E-state index < -0.39 is 0 Å². The van der Waals surface area contributed by atoms with Crippen molar-refractivity contribution in [1.29, 1.82) is 5.26 Å². The Morgan fingerprint density at radius 3 is 2.81 bits per heavy atom. The Hall–Kier alpha value is -1.17. The third kappa shape index (κ3) is 1.67. The molecule has 0 atom stereocenters. The van der Waals surface area contributed by atoms with Gasteiger partial charge in [-0.25, -0.2) is 0 Å². The van der Waals surface area contributed by atoms with Crippen molar-refractivity contribution in [2.75, 3.05) is 7.11 Å². The standard InChI is InChI=1S/C12H9Cl2NO/c1-16-12-10(13)5-9-7(6-15)3-2-4-8(9)11(12)14/h3,5H,2,4H2,1H3. The molecule has 1 aliphatic rings. The number of methoxy groups -OCH3 is 1. The second kappa shape index (κ2) is 4.37. The highest BCUT2D eigenvalue weighted by atomic mass is 35.5. The molecule has 0 radical (unpaired) electrons. The number of hydrogen-bond donors (Lipinski definition) is 0. The third-order valence-corrected chi connectivity index (χ3v) is 3.32. The molecular formula is C12H9Cl2NO. The van der Waals surface area contributed by atoms with Crippen LogP contribution in [0.4, 0.5) is 0 Å². The topological polar surface area (TPSA) is 33.0 Å². The maximum Gasteiger partial charge on any atom is 0.156 e. The van der Waals surface area contributed by atoms with Gasteiger partial charge < -0.3 is 4.74 Å². The number of ether oxygens (including phenoxy) is 1. The van der Waals surface area contributed by atoms with E-state index in [2.05, 4.69) is 6.07 Å². The Morgan fingerprint density at radius 2 is 2.19 bits per heavy atom. The number of fused-ring (bicyclic) bond motifs is 1.